The highest BCUT2D eigenvalue weighted by Gasteiger charge is 1.99. The highest BCUT2D eigenvalue weighted by atomic mass is 79.9. The monoisotopic (exact) mass is 340 g/mol. The second-order valence-corrected chi connectivity index (χ2v) is 5.72. The quantitative estimate of drug-likeness (QED) is 0.849. The zero-order valence-electron chi connectivity index (χ0n) is 10.3. The number of nitrogens with one attached hydrogen (secondary N) is 1. The molecule has 0 aromatic carbocycles. The molecule has 19 heavy (non-hydrogen) atoms. The molecular formula is C12H13BrN4OS. The van der Waals surface area contributed by atoms with Gasteiger partial charge in [-0.15, -0.1) is 21.5 Å². The molecule has 7 heteroatoms. The molecule has 0 fully saturated rings. The van der Waals surface area contributed by atoms with Crippen molar-refractivity contribution >= 4 is 39.2 Å². The van der Waals surface area contributed by atoms with Crippen molar-refractivity contribution in [3.05, 3.63) is 39.0 Å². The van der Waals surface area contributed by atoms with E-state index in [0.29, 0.717) is 13.1 Å². The van der Waals surface area contributed by atoms with E-state index in [9.17, 15) is 4.79 Å². The summed E-state index contributed by atoms with van der Waals surface area (Å²) in [6, 6.07) is 1.97. The molecule has 0 aliphatic rings. The van der Waals surface area contributed by atoms with Crippen molar-refractivity contribution in [2.24, 2.45) is 0 Å². The lowest BCUT2D eigenvalue weighted by Gasteiger charge is -2.04. The van der Waals surface area contributed by atoms with Crippen LogP contribution in [0.15, 0.2) is 28.3 Å². The SMILES string of the molecule is Cc1nncn1CCNC(=O)/C=C/c1cc(Br)cs1. The number of carbonyl (C=O) groups excluding carboxylic acids is 1. The van der Waals surface area contributed by atoms with Gasteiger partial charge in [0.1, 0.15) is 12.2 Å². The smallest absolute Gasteiger partial charge is 0.244 e. The molecule has 2 aromatic rings. The number of nitrogens with zero attached hydrogens (tertiary/aromatic N) is 3. The van der Waals surface area contributed by atoms with Gasteiger partial charge in [-0.1, -0.05) is 0 Å². The summed E-state index contributed by atoms with van der Waals surface area (Å²) in [5.41, 5.74) is 0. The fraction of sp³-hybridized carbons (Fsp3) is 0.250. The van der Waals surface area contributed by atoms with Crippen LogP contribution in [0.25, 0.3) is 6.08 Å². The van der Waals surface area contributed by atoms with E-state index in [2.05, 4.69) is 31.4 Å². The minimum absolute atomic E-state index is 0.102. The zero-order chi connectivity index (χ0) is 13.7. The van der Waals surface area contributed by atoms with Crippen molar-refractivity contribution in [1.29, 1.82) is 0 Å². The fourth-order valence-electron chi connectivity index (χ4n) is 1.46. The molecule has 0 spiro atoms. The standard InChI is InChI=1S/C12H13BrN4OS/c1-9-16-15-8-17(9)5-4-14-12(18)3-2-11-6-10(13)7-19-11/h2-3,6-8H,4-5H2,1H3,(H,14,18)/b3-2+. The summed E-state index contributed by atoms with van der Waals surface area (Å²) in [4.78, 5) is 12.6. The predicted octanol–water partition coefficient (Wildman–Crippen LogP) is 2.24. The van der Waals surface area contributed by atoms with Crippen LogP contribution in [0.4, 0.5) is 0 Å². The first-order valence-corrected chi connectivity index (χ1v) is 7.37. The average Bonchev–Trinajstić information content (AvgIpc) is 2.96. The number of halogens is 1. The van der Waals surface area contributed by atoms with E-state index in [0.717, 1.165) is 15.2 Å². The van der Waals surface area contributed by atoms with Gasteiger partial charge in [0.2, 0.25) is 5.91 Å². The van der Waals surface area contributed by atoms with Crippen LogP contribution in [-0.2, 0) is 11.3 Å². The number of amides is 1. The van der Waals surface area contributed by atoms with Gasteiger partial charge in [-0.25, -0.2) is 0 Å². The van der Waals surface area contributed by atoms with E-state index in [4.69, 9.17) is 0 Å². The lowest BCUT2D eigenvalue weighted by atomic mass is 10.4. The normalized spacial score (nSPS) is 11.1. The molecule has 0 unspecified atom stereocenters. The molecule has 1 amide bonds. The first-order chi connectivity index (χ1) is 9.15. The molecule has 2 rings (SSSR count). The highest BCUT2D eigenvalue weighted by Crippen LogP contribution is 2.20. The molecule has 0 saturated carbocycles. The maximum absolute atomic E-state index is 11.6. The molecule has 100 valence electrons. The Kier molecular flexibility index (Phi) is 4.86. The van der Waals surface area contributed by atoms with E-state index >= 15 is 0 Å². The molecular weight excluding hydrogens is 328 g/mol. The van der Waals surface area contributed by atoms with Gasteiger partial charge in [0.25, 0.3) is 0 Å². The summed E-state index contributed by atoms with van der Waals surface area (Å²) in [5.74, 6) is 0.739. The average molecular weight is 341 g/mol. The minimum Gasteiger partial charge on any atom is -0.351 e. The number of carbonyl (C=O) groups is 1. The van der Waals surface area contributed by atoms with Crippen molar-refractivity contribution in [2.45, 2.75) is 13.5 Å². The molecule has 0 atom stereocenters. The third-order valence-electron chi connectivity index (χ3n) is 2.45. The molecule has 0 aliphatic carbocycles. The highest BCUT2D eigenvalue weighted by molar-refractivity contribution is 9.10. The third kappa shape index (κ3) is 4.29. The summed E-state index contributed by atoms with van der Waals surface area (Å²) >= 11 is 4.95. The third-order valence-corrected chi connectivity index (χ3v) is 4.11. The molecule has 0 radical (unpaired) electrons. The second kappa shape index (κ2) is 6.63. The number of rotatable bonds is 5. The number of aromatic nitrogens is 3. The number of aryl methyl sites for hydroxylation is 1. The van der Waals surface area contributed by atoms with Gasteiger partial charge in [-0.2, -0.15) is 0 Å². The second-order valence-electron chi connectivity index (χ2n) is 3.86. The summed E-state index contributed by atoms with van der Waals surface area (Å²) in [6.45, 7) is 3.10. The maximum Gasteiger partial charge on any atom is 0.244 e. The van der Waals surface area contributed by atoms with Gasteiger partial charge in [-0.3, -0.25) is 4.79 Å². The molecule has 0 bridgehead atoms. The Hall–Kier alpha value is -1.47. The molecule has 2 aromatic heterocycles. The van der Waals surface area contributed by atoms with Crippen LogP contribution in [0.5, 0.6) is 0 Å². The Morgan fingerprint density at radius 3 is 3.11 bits per heavy atom. The molecule has 0 saturated heterocycles. The first-order valence-electron chi connectivity index (χ1n) is 5.69. The van der Waals surface area contributed by atoms with Crippen molar-refractivity contribution in [2.75, 3.05) is 6.54 Å². The predicted molar refractivity (Wildman–Crippen MR) is 78.8 cm³/mol. The molecule has 0 aliphatic heterocycles. The Bertz CT molecular complexity index is 590. The van der Waals surface area contributed by atoms with Crippen LogP contribution >= 0.6 is 27.3 Å². The lowest BCUT2D eigenvalue weighted by Crippen LogP contribution is -2.25. The largest absolute Gasteiger partial charge is 0.351 e. The van der Waals surface area contributed by atoms with Crippen molar-refractivity contribution in [3.63, 3.8) is 0 Å². The van der Waals surface area contributed by atoms with Gasteiger partial charge >= 0.3 is 0 Å². The molecule has 1 N–H and O–H groups in total. The van der Waals surface area contributed by atoms with Crippen molar-refractivity contribution in [3.8, 4) is 0 Å². The Morgan fingerprint density at radius 1 is 1.63 bits per heavy atom. The van der Waals surface area contributed by atoms with Gasteiger partial charge in [0.05, 0.1) is 0 Å². The number of hydrogen-bond acceptors (Lipinski definition) is 4. The fourth-order valence-corrected chi connectivity index (χ4v) is 2.80. The molecule has 5 nitrogen and oxygen atoms in total. The van der Waals surface area contributed by atoms with Crippen LogP contribution in [0.2, 0.25) is 0 Å². The maximum atomic E-state index is 11.6. The van der Waals surface area contributed by atoms with Gasteiger partial charge in [0.15, 0.2) is 0 Å². The van der Waals surface area contributed by atoms with E-state index < -0.39 is 0 Å². The first kappa shape index (κ1) is 14.0. The minimum atomic E-state index is -0.102. The zero-order valence-corrected chi connectivity index (χ0v) is 12.7. The Balaban J connectivity index is 1.76. The van der Waals surface area contributed by atoms with Crippen molar-refractivity contribution in [1.82, 2.24) is 20.1 Å². The molecule has 2 heterocycles. The van der Waals surface area contributed by atoms with E-state index in [1.54, 1.807) is 23.7 Å². The van der Waals surface area contributed by atoms with Crippen LogP contribution < -0.4 is 5.32 Å². The van der Waals surface area contributed by atoms with Crippen LogP contribution in [0, 0.1) is 6.92 Å². The number of hydrogen-bond donors (Lipinski definition) is 1. The van der Waals surface area contributed by atoms with E-state index in [1.165, 1.54) is 6.08 Å². The van der Waals surface area contributed by atoms with Crippen LogP contribution in [-0.4, -0.2) is 27.2 Å². The van der Waals surface area contributed by atoms with Gasteiger partial charge in [-0.05, 0) is 35.0 Å². The topological polar surface area (TPSA) is 59.8 Å². The van der Waals surface area contributed by atoms with E-state index in [-0.39, 0.29) is 5.91 Å². The van der Waals surface area contributed by atoms with Gasteiger partial charge in [0, 0.05) is 33.9 Å². The summed E-state index contributed by atoms with van der Waals surface area (Å²) in [7, 11) is 0. The van der Waals surface area contributed by atoms with Crippen LogP contribution in [0.1, 0.15) is 10.7 Å². The summed E-state index contributed by atoms with van der Waals surface area (Å²) in [5, 5.41) is 12.5. The lowest BCUT2D eigenvalue weighted by molar-refractivity contribution is -0.116. The Labute approximate surface area is 123 Å². The number of thiophene rings is 1. The Morgan fingerprint density at radius 2 is 2.47 bits per heavy atom. The summed E-state index contributed by atoms with van der Waals surface area (Å²) < 4.78 is 2.92. The van der Waals surface area contributed by atoms with Gasteiger partial charge < -0.3 is 9.88 Å². The van der Waals surface area contributed by atoms with E-state index in [1.807, 2.05) is 22.9 Å². The van der Waals surface area contributed by atoms with Crippen LogP contribution in [0.3, 0.4) is 0 Å². The van der Waals surface area contributed by atoms with Crippen molar-refractivity contribution < 1.29 is 4.79 Å². The summed E-state index contributed by atoms with van der Waals surface area (Å²) in [6.07, 6.45) is 4.99.